The van der Waals surface area contributed by atoms with Crippen LogP contribution >= 0.6 is 0 Å². The van der Waals surface area contributed by atoms with E-state index < -0.39 is 5.54 Å². The standard InChI is InChI=1S/C17H26N4O4/c1-3-13-18-14(25-19-13)5-6-15(22)21-8-4-7-17(21,2)16(23)20-9-11-24-12-10-20/h3-12H2,1-2H3. The van der Waals surface area contributed by atoms with Crippen LogP contribution in [0, 0.1) is 0 Å². The van der Waals surface area contributed by atoms with Crippen molar-refractivity contribution >= 4 is 11.8 Å². The van der Waals surface area contributed by atoms with E-state index in [4.69, 9.17) is 9.26 Å². The quantitative estimate of drug-likeness (QED) is 0.781. The molecule has 1 aromatic heterocycles. The Hall–Kier alpha value is -1.96. The van der Waals surface area contributed by atoms with Crippen molar-refractivity contribution in [2.75, 3.05) is 32.8 Å². The van der Waals surface area contributed by atoms with Crippen molar-refractivity contribution in [3.8, 4) is 0 Å². The minimum Gasteiger partial charge on any atom is -0.378 e. The minimum absolute atomic E-state index is 0.0298. The molecule has 3 heterocycles. The third-order valence-corrected chi connectivity index (χ3v) is 5.08. The van der Waals surface area contributed by atoms with Crippen molar-refractivity contribution in [3.63, 3.8) is 0 Å². The third kappa shape index (κ3) is 3.68. The molecule has 8 heteroatoms. The van der Waals surface area contributed by atoms with Crippen LogP contribution in [0.25, 0.3) is 0 Å². The number of hydrogen-bond donors (Lipinski definition) is 0. The lowest BCUT2D eigenvalue weighted by atomic mass is 9.96. The summed E-state index contributed by atoms with van der Waals surface area (Å²) >= 11 is 0. The number of hydrogen-bond acceptors (Lipinski definition) is 6. The zero-order valence-electron chi connectivity index (χ0n) is 15.0. The van der Waals surface area contributed by atoms with Crippen molar-refractivity contribution in [3.05, 3.63) is 11.7 Å². The number of rotatable bonds is 5. The normalized spacial score (nSPS) is 23.9. The largest absolute Gasteiger partial charge is 0.378 e. The van der Waals surface area contributed by atoms with Gasteiger partial charge in [-0.2, -0.15) is 4.98 Å². The van der Waals surface area contributed by atoms with Gasteiger partial charge in [0.15, 0.2) is 5.82 Å². The number of carbonyl (C=O) groups excluding carboxylic acids is 2. The lowest BCUT2D eigenvalue weighted by molar-refractivity contribution is -0.153. The summed E-state index contributed by atoms with van der Waals surface area (Å²) < 4.78 is 10.5. The molecular weight excluding hydrogens is 324 g/mol. The lowest BCUT2D eigenvalue weighted by Gasteiger charge is -2.39. The monoisotopic (exact) mass is 350 g/mol. The Morgan fingerprint density at radius 2 is 2.00 bits per heavy atom. The van der Waals surface area contributed by atoms with Crippen molar-refractivity contribution in [1.29, 1.82) is 0 Å². The first-order valence-corrected chi connectivity index (χ1v) is 9.03. The summed E-state index contributed by atoms with van der Waals surface area (Å²) in [7, 11) is 0. The summed E-state index contributed by atoms with van der Waals surface area (Å²) in [6.45, 7) is 6.77. The molecule has 3 rings (SSSR count). The summed E-state index contributed by atoms with van der Waals surface area (Å²) in [4.78, 5) is 33.5. The summed E-state index contributed by atoms with van der Waals surface area (Å²) in [5.74, 6) is 1.13. The minimum atomic E-state index is -0.752. The predicted octanol–water partition coefficient (Wildman–Crippen LogP) is 0.805. The molecule has 0 bridgehead atoms. The first-order valence-electron chi connectivity index (χ1n) is 9.03. The molecule has 0 aromatic carbocycles. The SMILES string of the molecule is CCc1noc(CCC(=O)N2CCCC2(C)C(=O)N2CCOCC2)n1. The van der Waals surface area contributed by atoms with E-state index in [1.807, 2.05) is 18.7 Å². The van der Waals surface area contributed by atoms with Gasteiger partial charge in [0.25, 0.3) is 0 Å². The molecule has 0 spiro atoms. The second kappa shape index (κ2) is 7.51. The fourth-order valence-corrected chi connectivity index (χ4v) is 3.58. The van der Waals surface area contributed by atoms with E-state index in [9.17, 15) is 9.59 Å². The van der Waals surface area contributed by atoms with Gasteiger partial charge in [-0.1, -0.05) is 12.1 Å². The van der Waals surface area contributed by atoms with Crippen LogP contribution in [0.15, 0.2) is 4.52 Å². The molecule has 2 amide bonds. The van der Waals surface area contributed by atoms with Gasteiger partial charge in [-0.25, -0.2) is 0 Å². The van der Waals surface area contributed by atoms with Gasteiger partial charge in [0.2, 0.25) is 17.7 Å². The second-order valence-electron chi connectivity index (χ2n) is 6.79. The van der Waals surface area contributed by atoms with Crippen molar-refractivity contribution in [1.82, 2.24) is 19.9 Å². The number of carbonyl (C=O) groups is 2. The fourth-order valence-electron chi connectivity index (χ4n) is 3.58. The Morgan fingerprint density at radius 1 is 1.24 bits per heavy atom. The van der Waals surface area contributed by atoms with Crippen LogP contribution in [-0.4, -0.2) is 70.1 Å². The van der Waals surface area contributed by atoms with Gasteiger partial charge >= 0.3 is 0 Å². The Balaban J connectivity index is 1.62. The smallest absolute Gasteiger partial charge is 0.248 e. The number of morpholine rings is 1. The van der Waals surface area contributed by atoms with Crippen molar-refractivity contribution < 1.29 is 18.8 Å². The molecule has 0 N–H and O–H groups in total. The van der Waals surface area contributed by atoms with Crippen LogP contribution in [0.5, 0.6) is 0 Å². The molecule has 138 valence electrons. The maximum absolute atomic E-state index is 13.0. The highest BCUT2D eigenvalue weighted by Gasteiger charge is 2.47. The van der Waals surface area contributed by atoms with Gasteiger partial charge in [0.05, 0.1) is 13.2 Å². The number of aryl methyl sites for hydroxylation is 2. The van der Waals surface area contributed by atoms with E-state index in [0.717, 1.165) is 6.42 Å². The Bertz CT molecular complexity index is 626. The highest BCUT2D eigenvalue weighted by Crippen LogP contribution is 2.32. The number of amides is 2. The topological polar surface area (TPSA) is 88.8 Å². The average Bonchev–Trinajstić information content (AvgIpc) is 3.27. The molecule has 25 heavy (non-hydrogen) atoms. The molecule has 8 nitrogen and oxygen atoms in total. The van der Waals surface area contributed by atoms with Crippen LogP contribution in [0.1, 0.15) is 44.8 Å². The van der Waals surface area contributed by atoms with Gasteiger partial charge in [0, 0.05) is 38.9 Å². The molecular formula is C17H26N4O4. The molecule has 1 unspecified atom stereocenters. The van der Waals surface area contributed by atoms with Gasteiger partial charge in [-0.3, -0.25) is 9.59 Å². The van der Waals surface area contributed by atoms with Gasteiger partial charge in [0.1, 0.15) is 5.54 Å². The molecule has 0 saturated carbocycles. The van der Waals surface area contributed by atoms with Crippen LogP contribution in [0.3, 0.4) is 0 Å². The Kier molecular flexibility index (Phi) is 5.36. The highest BCUT2D eigenvalue weighted by molar-refractivity contribution is 5.91. The molecule has 1 aromatic rings. The Labute approximate surface area is 147 Å². The zero-order chi connectivity index (χ0) is 17.9. The van der Waals surface area contributed by atoms with E-state index in [0.29, 0.717) is 63.8 Å². The van der Waals surface area contributed by atoms with Crippen LogP contribution in [0.4, 0.5) is 0 Å². The molecule has 2 saturated heterocycles. The second-order valence-corrected chi connectivity index (χ2v) is 6.79. The fraction of sp³-hybridized carbons (Fsp3) is 0.765. The molecule has 2 aliphatic heterocycles. The van der Waals surface area contributed by atoms with Gasteiger partial charge in [-0.05, 0) is 19.8 Å². The summed E-state index contributed by atoms with van der Waals surface area (Å²) in [6.07, 6.45) is 2.94. The maximum atomic E-state index is 13.0. The van der Waals surface area contributed by atoms with E-state index in [1.165, 1.54) is 0 Å². The average molecular weight is 350 g/mol. The van der Waals surface area contributed by atoms with Gasteiger partial charge in [-0.15, -0.1) is 0 Å². The van der Waals surface area contributed by atoms with Crippen molar-refractivity contribution in [2.45, 2.75) is 51.5 Å². The number of aromatic nitrogens is 2. The number of nitrogens with zero attached hydrogens (tertiary/aromatic N) is 4. The number of ether oxygens (including phenoxy) is 1. The molecule has 1 atom stereocenters. The maximum Gasteiger partial charge on any atom is 0.248 e. The first-order chi connectivity index (χ1) is 12.0. The highest BCUT2D eigenvalue weighted by atomic mass is 16.5. The van der Waals surface area contributed by atoms with E-state index >= 15 is 0 Å². The summed E-state index contributed by atoms with van der Waals surface area (Å²) in [5.41, 5.74) is -0.752. The van der Waals surface area contributed by atoms with Gasteiger partial charge < -0.3 is 19.1 Å². The lowest BCUT2D eigenvalue weighted by Crippen LogP contribution is -2.58. The third-order valence-electron chi connectivity index (χ3n) is 5.08. The Morgan fingerprint density at radius 3 is 2.68 bits per heavy atom. The summed E-state index contributed by atoms with van der Waals surface area (Å²) in [6, 6.07) is 0. The molecule has 0 radical (unpaired) electrons. The zero-order valence-corrected chi connectivity index (χ0v) is 15.0. The van der Waals surface area contributed by atoms with Crippen LogP contribution in [0.2, 0.25) is 0 Å². The van der Waals surface area contributed by atoms with E-state index in [1.54, 1.807) is 4.90 Å². The van der Waals surface area contributed by atoms with E-state index in [-0.39, 0.29) is 18.2 Å². The predicted molar refractivity (Wildman–Crippen MR) is 88.7 cm³/mol. The molecule has 2 aliphatic rings. The molecule has 2 fully saturated rings. The summed E-state index contributed by atoms with van der Waals surface area (Å²) in [5, 5.41) is 3.84. The van der Waals surface area contributed by atoms with Crippen LogP contribution < -0.4 is 0 Å². The molecule has 0 aliphatic carbocycles. The van der Waals surface area contributed by atoms with Crippen LogP contribution in [-0.2, 0) is 27.2 Å². The van der Waals surface area contributed by atoms with Crippen molar-refractivity contribution in [2.24, 2.45) is 0 Å². The number of likely N-dealkylation sites (tertiary alicyclic amines) is 1. The van der Waals surface area contributed by atoms with E-state index in [2.05, 4.69) is 10.1 Å². The first kappa shape index (κ1) is 17.8.